The first-order chi connectivity index (χ1) is 12.6. The number of aromatic amines is 1. The first-order valence-corrected chi connectivity index (χ1v) is 8.69. The Labute approximate surface area is 156 Å². The fraction of sp³-hybridized carbons (Fsp3) is 0.200. The Morgan fingerprint density at radius 3 is 2.77 bits per heavy atom. The van der Waals surface area contributed by atoms with Gasteiger partial charge in [-0.2, -0.15) is 0 Å². The van der Waals surface area contributed by atoms with E-state index in [0.717, 1.165) is 18.4 Å². The smallest absolute Gasteiger partial charge is 0.337 e. The maximum absolute atomic E-state index is 12.2. The average Bonchev–Trinajstić information content (AvgIpc) is 3.06. The van der Waals surface area contributed by atoms with Gasteiger partial charge in [0.25, 0.3) is 0 Å². The van der Waals surface area contributed by atoms with Gasteiger partial charge in [0.2, 0.25) is 5.91 Å². The summed E-state index contributed by atoms with van der Waals surface area (Å²) in [4.78, 5) is 26.9. The van der Waals surface area contributed by atoms with Crippen LogP contribution >= 0.6 is 11.6 Å². The predicted octanol–water partition coefficient (Wildman–Crippen LogP) is 4.57. The summed E-state index contributed by atoms with van der Waals surface area (Å²) in [5.74, 6) is -0.582. The summed E-state index contributed by atoms with van der Waals surface area (Å²) in [5.41, 5.74) is 3.13. The minimum absolute atomic E-state index is 0.113. The van der Waals surface area contributed by atoms with E-state index in [2.05, 4.69) is 21.1 Å². The maximum Gasteiger partial charge on any atom is 0.337 e. The van der Waals surface area contributed by atoms with Crippen molar-refractivity contribution in [3.63, 3.8) is 0 Å². The first kappa shape index (κ1) is 18.0. The third kappa shape index (κ3) is 4.06. The normalized spacial score (nSPS) is 10.7. The van der Waals surface area contributed by atoms with Crippen molar-refractivity contribution in [1.29, 1.82) is 0 Å². The SMILES string of the molecule is COC(=O)c1ccc(NC(=O)CCCc2c[nH]c3ccccc23)c(Cl)c1. The summed E-state index contributed by atoms with van der Waals surface area (Å²) >= 11 is 6.13. The zero-order valence-electron chi connectivity index (χ0n) is 14.3. The number of halogens is 1. The van der Waals surface area contributed by atoms with Gasteiger partial charge in [0.1, 0.15) is 0 Å². The number of aromatic nitrogens is 1. The van der Waals surface area contributed by atoms with E-state index in [-0.39, 0.29) is 5.91 Å². The van der Waals surface area contributed by atoms with Crippen LogP contribution in [0.2, 0.25) is 5.02 Å². The van der Waals surface area contributed by atoms with Crippen LogP contribution in [0.5, 0.6) is 0 Å². The number of methoxy groups -OCH3 is 1. The molecule has 0 aliphatic carbocycles. The second-order valence-electron chi connectivity index (χ2n) is 5.95. The number of carbonyl (C=O) groups is 2. The molecule has 2 aromatic carbocycles. The lowest BCUT2D eigenvalue weighted by Gasteiger charge is -2.08. The van der Waals surface area contributed by atoms with Crippen LogP contribution in [0.4, 0.5) is 5.69 Å². The topological polar surface area (TPSA) is 71.2 Å². The number of hydrogen-bond acceptors (Lipinski definition) is 3. The molecule has 3 aromatic rings. The lowest BCUT2D eigenvalue weighted by molar-refractivity contribution is -0.116. The van der Waals surface area contributed by atoms with Gasteiger partial charge in [0.05, 0.1) is 23.4 Å². The quantitative estimate of drug-likeness (QED) is 0.624. The summed E-state index contributed by atoms with van der Waals surface area (Å²) in [6.07, 6.45) is 3.91. The van der Waals surface area contributed by atoms with Crippen LogP contribution < -0.4 is 5.32 Å². The van der Waals surface area contributed by atoms with Crippen LogP contribution in [0.15, 0.2) is 48.7 Å². The van der Waals surface area contributed by atoms with Crippen LogP contribution in [-0.2, 0) is 16.0 Å². The van der Waals surface area contributed by atoms with Crippen molar-refractivity contribution in [3.8, 4) is 0 Å². The van der Waals surface area contributed by atoms with Crippen molar-refractivity contribution in [2.24, 2.45) is 0 Å². The summed E-state index contributed by atoms with van der Waals surface area (Å²) < 4.78 is 4.64. The zero-order valence-corrected chi connectivity index (χ0v) is 15.1. The molecule has 5 nitrogen and oxygen atoms in total. The highest BCUT2D eigenvalue weighted by Crippen LogP contribution is 2.24. The number of benzene rings is 2. The molecule has 2 N–H and O–H groups in total. The van der Waals surface area contributed by atoms with Crippen molar-refractivity contribution in [3.05, 3.63) is 64.8 Å². The van der Waals surface area contributed by atoms with E-state index < -0.39 is 5.97 Å². The number of para-hydroxylation sites is 1. The van der Waals surface area contributed by atoms with Gasteiger partial charge in [-0.3, -0.25) is 4.79 Å². The number of ether oxygens (including phenoxy) is 1. The van der Waals surface area contributed by atoms with Crippen LogP contribution in [0.1, 0.15) is 28.8 Å². The molecule has 1 amide bonds. The monoisotopic (exact) mass is 370 g/mol. The minimum Gasteiger partial charge on any atom is -0.465 e. The van der Waals surface area contributed by atoms with Gasteiger partial charge in [-0.1, -0.05) is 29.8 Å². The van der Waals surface area contributed by atoms with Crippen molar-refractivity contribution in [2.75, 3.05) is 12.4 Å². The van der Waals surface area contributed by atoms with E-state index in [0.29, 0.717) is 22.7 Å². The Morgan fingerprint density at radius 1 is 1.19 bits per heavy atom. The number of aryl methyl sites for hydroxylation is 1. The number of amides is 1. The highest BCUT2D eigenvalue weighted by atomic mass is 35.5. The summed E-state index contributed by atoms with van der Waals surface area (Å²) in [6, 6.07) is 12.8. The molecule has 6 heteroatoms. The maximum atomic E-state index is 12.2. The van der Waals surface area contributed by atoms with Crippen LogP contribution in [0.3, 0.4) is 0 Å². The van der Waals surface area contributed by atoms with E-state index >= 15 is 0 Å². The Morgan fingerprint density at radius 2 is 2.00 bits per heavy atom. The van der Waals surface area contributed by atoms with Crippen molar-refractivity contribution in [1.82, 2.24) is 4.98 Å². The Bertz CT molecular complexity index is 949. The molecule has 0 radical (unpaired) electrons. The minimum atomic E-state index is -0.469. The molecule has 0 bridgehead atoms. The van der Waals surface area contributed by atoms with Gasteiger partial charge >= 0.3 is 5.97 Å². The second kappa shape index (κ2) is 8.06. The van der Waals surface area contributed by atoms with Crippen LogP contribution in [-0.4, -0.2) is 24.0 Å². The van der Waals surface area contributed by atoms with Crippen LogP contribution in [0.25, 0.3) is 10.9 Å². The summed E-state index contributed by atoms with van der Waals surface area (Å²) in [6.45, 7) is 0. The molecule has 1 heterocycles. The van der Waals surface area contributed by atoms with Crippen molar-refractivity contribution < 1.29 is 14.3 Å². The molecular formula is C20H19ClN2O3. The molecule has 0 fully saturated rings. The number of fused-ring (bicyclic) bond motifs is 1. The number of H-pyrrole nitrogens is 1. The van der Waals surface area contributed by atoms with E-state index in [1.165, 1.54) is 24.1 Å². The van der Waals surface area contributed by atoms with Gasteiger partial charge < -0.3 is 15.0 Å². The first-order valence-electron chi connectivity index (χ1n) is 8.31. The average molecular weight is 371 g/mol. The summed E-state index contributed by atoms with van der Waals surface area (Å²) in [7, 11) is 1.31. The third-order valence-electron chi connectivity index (χ3n) is 4.19. The molecule has 0 saturated heterocycles. The summed E-state index contributed by atoms with van der Waals surface area (Å²) in [5, 5.41) is 4.27. The largest absolute Gasteiger partial charge is 0.465 e. The third-order valence-corrected chi connectivity index (χ3v) is 4.50. The number of rotatable bonds is 6. The van der Waals surface area contributed by atoms with Gasteiger partial charge in [-0.25, -0.2) is 4.79 Å². The Hall–Kier alpha value is -2.79. The van der Waals surface area contributed by atoms with Gasteiger partial charge in [0.15, 0.2) is 0 Å². The lowest BCUT2D eigenvalue weighted by Crippen LogP contribution is -2.12. The molecule has 0 atom stereocenters. The standard InChI is InChI=1S/C20H19ClN2O3/c1-26-20(25)13-9-10-18(16(21)11-13)23-19(24)8-4-5-14-12-22-17-7-3-2-6-15(14)17/h2-3,6-7,9-12,22H,4-5,8H2,1H3,(H,23,24). The fourth-order valence-electron chi connectivity index (χ4n) is 2.85. The van der Waals surface area contributed by atoms with Crippen molar-refractivity contribution >= 4 is 40.1 Å². The molecule has 0 unspecified atom stereocenters. The highest BCUT2D eigenvalue weighted by Gasteiger charge is 2.11. The molecule has 0 spiro atoms. The lowest BCUT2D eigenvalue weighted by atomic mass is 10.1. The van der Waals surface area contributed by atoms with E-state index in [9.17, 15) is 9.59 Å². The highest BCUT2D eigenvalue weighted by molar-refractivity contribution is 6.34. The molecule has 0 saturated carbocycles. The number of esters is 1. The number of nitrogens with one attached hydrogen (secondary N) is 2. The fourth-order valence-corrected chi connectivity index (χ4v) is 3.08. The number of carbonyl (C=O) groups excluding carboxylic acids is 2. The Balaban J connectivity index is 1.55. The molecule has 0 aliphatic heterocycles. The van der Waals surface area contributed by atoms with E-state index in [4.69, 9.17) is 11.6 Å². The van der Waals surface area contributed by atoms with Crippen molar-refractivity contribution in [2.45, 2.75) is 19.3 Å². The van der Waals surface area contributed by atoms with E-state index in [1.54, 1.807) is 12.1 Å². The molecule has 26 heavy (non-hydrogen) atoms. The molecule has 0 aliphatic rings. The predicted molar refractivity (Wildman–Crippen MR) is 103 cm³/mol. The van der Waals surface area contributed by atoms with Gasteiger partial charge in [-0.05, 0) is 42.7 Å². The number of hydrogen-bond donors (Lipinski definition) is 2. The molecule has 3 rings (SSSR count). The van der Waals surface area contributed by atoms with Gasteiger partial charge in [0, 0.05) is 23.5 Å². The molecule has 1 aromatic heterocycles. The van der Waals surface area contributed by atoms with Crippen LogP contribution in [0, 0.1) is 0 Å². The Kier molecular flexibility index (Phi) is 5.58. The van der Waals surface area contributed by atoms with Gasteiger partial charge in [-0.15, -0.1) is 0 Å². The zero-order chi connectivity index (χ0) is 18.5. The molecular weight excluding hydrogens is 352 g/mol. The second-order valence-corrected chi connectivity index (χ2v) is 6.35. The van der Waals surface area contributed by atoms with E-state index in [1.807, 2.05) is 24.4 Å². The molecule has 134 valence electrons. The number of anilines is 1.